The number of halogens is 1. The Kier molecular flexibility index (Phi) is 5.82. The molecule has 0 saturated carbocycles. The molecule has 0 spiro atoms. The molecular formula is C17H22BrNS. The lowest BCUT2D eigenvalue weighted by atomic mass is 10.1. The predicted molar refractivity (Wildman–Crippen MR) is 93.5 cm³/mol. The second-order valence-corrected chi connectivity index (χ2v) is 7.05. The van der Waals surface area contributed by atoms with Gasteiger partial charge in [0, 0.05) is 20.3 Å². The number of hydrogen-bond donors (Lipinski definition) is 1. The maximum Gasteiger partial charge on any atom is 0.0412 e. The molecule has 1 heterocycles. The first kappa shape index (κ1) is 15.7. The zero-order chi connectivity index (χ0) is 14.5. The SMILES string of the molecule is CCCNC(CC)c1ccc(-c2ccc(Br)c(C)c2)s1. The minimum absolute atomic E-state index is 0.491. The van der Waals surface area contributed by atoms with Crippen molar-refractivity contribution in [1.29, 1.82) is 0 Å². The van der Waals surface area contributed by atoms with Gasteiger partial charge in [-0.2, -0.15) is 0 Å². The topological polar surface area (TPSA) is 12.0 Å². The van der Waals surface area contributed by atoms with Crippen LogP contribution in [0.15, 0.2) is 34.8 Å². The second kappa shape index (κ2) is 7.39. The number of aryl methyl sites for hydroxylation is 1. The molecule has 2 rings (SSSR count). The van der Waals surface area contributed by atoms with Crippen molar-refractivity contribution in [2.45, 2.75) is 39.7 Å². The van der Waals surface area contributed by atoms with Crippen molar-refractivity contribution in [2.24, 2.45) is 0 Å². The van der Waals surface area contributed by atoms with Gasteiger partial charge in [-0.15, -0.1) is 11.3 Å². The third kappa shape index (κ3) is 3.72. The average Bonchev–Trinajstić information content (AvgIpc) is 2.92. The fourth-order valence-corrected chi connectivity index (χ4v) is 3.67. The summed E-state index contributed by atoms with van der Waals surface area (Å²) in [6, 6.07) is 11.6. The molecule has 3 heteroatoms. The van der Waals surface area contributed by atoms with Crippen LogP contribution in [0.3, 0.4) is 0 Å². The quantitative estimate of drug-likeness (QED) is 0.679. The third-order valence-corrected chi connectivity index (χ3v) is 5.60. The van der Waals surface area contributed by atoms with Gasteiger partial charge in [0.05, 0.1) is 0 Å². The highest BCUT2D eigenvalue weighted by molar-refractivity contribution is 9.10. The fraction of sp³-hybridized carbons (Fsp3) is 0.412. The highest BCUT2D eigenvalue weighted by Crippen LogP contribution is 2.34. The minimum atomic E-state index is 0.491. The smallest absolute Gasteiger partial charge is 0.0412 e. The Morgan fingerprint density at radius 2 is 2.00 bits per heavy atom. The minimum Gasteiger partial charge on any atom is -0.309 e. The van der Waals surface area contributed by atoms with Gasteiger partial charge in [0.1, 0.15) is 0 Å². The Bertz CT molecular complexity index is 562. The van der Waals surface area contributed by atoms with Crippen molar-refractivity contribution < 1.29 is 0 Å². The van der Waals surface area contributed by atoms with Crippen LogP contribution in [-0.4, -0.2) is 6.54 Å². The van der Waals surface area contributed by atoms with Crippen LogP contribution >= 0.6 is 27.3 Å². The van der Waals surface area contributed by atoms with Gasteiger partial charge in [0.25, 0.3) is 0 Å². The van der Waals surface area contributed by atoms with Crippen LogP contribution in [0.1, 0.15) is 43.2 Å². The lowest BCUT2D eigenvalue weighted by Gasteiger charge is -2.14. The van der Waals surface area contributed by atoms with Gasteiger partial charge in [-0.25, -0.2) is 0 Å². The summed E-state index contributed by atoms with van der Waals surface area (Å²) in [6.07, 6.45) is 2.32. The van der Waals surface area contributed by atoms with E-state index in [0.29, 0.717) is 6.04 Å². The zero-order valence-corrected chi connectivity index (χ0v) is 14.8. The van der Waals surface area contributed by atoms with E-state index in [9.17, 15) is 0 Å². The molecule has 0 aliphatic heterocycles. The maximum absolute atomic E-state index is 3.62. The molecule has 1 aromatic carbocycles. The van der Waals surface area contributed by atoms with Crippen molar-refractivity contribution in [3.8, 4) is 10.4 Å². The van der Waals surface area contributed by atoms with Crippen LogP contribution in [0, 0.1) is 6.92 Å². The van der Waals surface area contributed by atoms with Crippen LogP contribution in [0.4, 0.5) is 0 Å². The number of thiophene rings is 1. The van der Waals surface area contributed by atoms with E-state index in [-0.39, 0.29) is 0 Å². The first-order chi connectivity index (χ1) is 9.65. The van der Waals surface area contributed by atoms with E-state index < -0.39 is 0 Å². The lowest BCUT2D eigenvalue weighted by Crippen LogP contribution is -2.20. The molecule has 1 nitrogen and oxygen atoms in total. The molecule has 0 radical (unpaired) electrons. The van der Waals surface area contributed by atoms with Crippen molar-refractivity contribution >= 4 is 27.3 Å². The predicted octanol–water partition coefficient (Wildman–Crippen LogP) is 5.94. The Balaban J connectivity index is 2.20. The normalized spacial score (nSPS) is 12.6. The van der Waals surface area contributed by atoms with Gasteiger partial charge in [0.2, 0.25) is 0 Å². The molecule has 1 atom stereocenters. The van der Waals surface area contributed by atoms with E-state index in [2.05, 4.69) is 72.3 Å². The molecule has 2 aromatic rings. The highest BCUT2D eigenvalue weighted by atomic mass is 79.9. The van der Waals surface area contributed by atoms with Crippen molar-refractivity contribution in [3.63, 3.8) is 0 Å². The average molecular weight is 352 g/mol. The molecule has 1 unspecified atom stereocenters. The Morgan fingerprint density at radius 3 is 2.65 bits per heavy atom. The zero-order valence-electron chi connectivity index (χ0n) is 12.4. The van der Waals surface area contributed by atoms with E-state index in [1.807, 2.05) is 11.3 Å². The third-order valence-electron chi connectivity index (χ3n) is 3.46. The summed E-state index contributed by atoms with van der Waals surface area (Å²) in [5, 5.41) is 3.62. The van der Waals surface area contributed by atoms with Gasteiger partial charge in [-0.05, 0) is 61.7 Å². The Morgan fingerprint density at radius 1 is 1.20 bits per heavy atom. The molecule has 1 N–H and O–H groups in total. The van der Waals surface area contributed by atoms with E-state index in [4.69, 9.17) is 0 Å². The van der Waals surface area contributed by atoms with Gasteiger partial charge in [-0.1, -0.05) is 35.8 Å². The summed E-state index contributed by atoms with van der Waals surface area (Å²) in [5.41, 5.74) is 2.60. The molecule has 0 fully saturated rings. The van der Waals surface area contributed by atoms with Crippen LogP contribution in [-0.2, 0) is 0 Å². The second-order valence-electron chi connectivity index (χ2n) is 5.08. The van der Waals surface area contributed by atoms with Crippen LogP contribution < -0.4 is 5.32 Å². The molecular weight excluding hydrogens is 330 g/mol. The van der Waals surface area contributed by atoms with E-state index in [1.54, 1.807) is 0 Å². The molecule has 0 aliphatic carbocycles. The summed E-state index contributed by atoms with van der Waals surface area (Å²) in [4.78, 5) is 2.80. The van der Waals surface area contributed by atoms with E-state index >= 15 is 0 Å². The van der Waals surface area contributed by atoms with Crippen LogP contribution in [0.25, 0.3) is 10.4 Å². The first-order valence-corrected chi connectivity index (χ1v) is 8.86. The van der Waals surface area contributed by atoms with Crippen LogP contribution in [0.2, 0.25) is 0 Å². The number of rotatable bonds is 6. The van der Waals surface area contributed by atoms with Gasteiger partial charge >= 0.3 is 0 Å². The standard InChI is InChI=1S/C17H22BrNS/c1-4-10-19-15(5-2)17-9-8-16(20-17)13-6-7-14(18)12(3)11-13/h6-9,11,15,19H,4-5,10H2,1-3H3. The Labute approximate surface area is 134 Å². The molecule has 1 aromatic heterocycles. The number of benzene rings is 1. The summed E-state index contributed by atoms with van der Waals surface area (Å²) >= 11 is 5.47. The maximum atomic E-state index is 3.62. The van der Waals surface area contributed by atoms with Gasteiger partial charge < -0.3 is 5.32 Å². The molecule has 0 amide bonds. The summed E-state index contributed by atoms with van der Waals surface area (Å²) in [5.74, 6) is 0. The van der Waals surface area contributed by atoms with Crippen LogP contribution in [0.5, 0.6) is 0 Å². The summed E-state index contributed by atoms with van der Waals surface area (Å²) in [7, 11) is 0. The van der Waals surface area contributed by atoms with Crippen molar-refractivity contribution in [3.05, 3.63) is 45.2 Å². The first-order valence-electron chi connectivity index (χ1n) is 7.25. The van der Waals surface area contributed by atoms with E-state index in [1.165, 1.54) is 31.8 Å². The van der Waals surface area contributed by atoms with Gasteiger partial charge in [0.15, 0.2) is 0 Å². The monoisotopic (exact) mass is 351 g/mol. The Hall–Kier alpha value is -0.640. The number of nitrogens with one attached hydrogen (secondary N) is 1. The fourth-order valence-electron chi connectivity index (χ4n) is 2.26. The van der Waals surface area contributed by atoms with E-state index in [0.717, 1.165) is 13.0 Å². The van der Waals surface area contributed by atoms with Crippen molar-refractivity contribution in [1.82, 2.24) is 5.32 Å². The van der Waals surface area contributed by atoms with Crippen molar-refractivity contribution in [2.75, 3.05) is 6.54 Å². The summed E-state index contributed by atoms with van der Waals surface area (Å²) < 4.78 is 1.18. The van der Waals surface area contributed by atoms with Gasteiger partial charge in [-0.3, -0.25) is 0 Å². The molecule has 0 bridgehead atoms. The molecule has 20 heavy (non-hydrogen) atoms. The molecule has 108 valence electrons. The highest BCUT2D eigenvalue weighted by Gasteiger charge is 2.12. The molecule has 0 aliphatic rings. The largest absolute Gasteiger partial charge is 0.309 e. The lowest BCUT2D eigenvalue weighted by molar-refractivity contribution is 0.525. The molecule has 0 saturated heterocycles. The summed E-state index contributed by atoms with van der Waals surface area (Å²) in [6.45, 7) is 7.68. The number of hydrogen-bond acceptors (Lipinski definition) is 2.